The molecule has 1 aromatic carbocycles. The molecule has 0 amide bonds. The van der Waals surface area contributed by atoms with Crippen LogP contribution in [-0.4, -0.2) is 22.0 Å². The van der Waals surface area contributed by atoms with Gasteiger partial charge in [-0.05, 0) is 45.1 Å². The maximum atomic E-state index is 13.3. The number of carbonyl (C=O) groups excluding carboxylic acids is 1. The Kier molecular flexibility index (Phi) is 2.32. The number of benzene rings is 1. The van der Waals surface area contributed by atoms with Crippen LogP contribution in [0.15, 0.2) is 29.3 Å². The molecule has 5 rings (SSSR count). The van der Waals surface area contributed by atoms with E-state index >= 15 is 0 Å². The standard InChI is InChI=1S/C20H22N2O/c1-19(2)11-8-9-20(3)13(10-11)16(22-19)17(23)15-12-6-4-5-7-14(12)21-18(15)20/h4-7,11,13,21H,8-10H2,1-3H3/t11?,13?,20-/m1/s1. The summed E-state index contributed by atoms with van der Waals surface area (Å²) >= 11 is 0. The third-order valence-corrected chi connectivity index (χ3v) is 6.78. The van der Waals surface area contributed by atoms with Gasteiger partial charge >= 0.3 is 0 Å². The fourth-order valence-electron chi connectivity index (χ4n) is 5.29. The highest BCUT2D eigenvalue weighted by Gasteiger charge is 2.56. The van der Waals surface area contributed by atoms with Gasteiger partial charge in [-0.3, -0.25) is 9.79 Å². The van der Waals surface area contributed by atoms with Crippen LogP contribution in [0.5, 0.6) is 0 Å². The van der Waals surface area contributed by atoms with Crippen LogP contribution in [0.25, 0.3) is 10.9 Å². The molecule has 1 saturated carbocycles. The molecular weight excluding hydrogens is 284 g/mol. The number of hydrogen-bond donors (Lipinski definition) is 1. The number of fused-ring (bicyclic) bond motifs is 5. The Balaban J connectivity index is 1.87. The molecule has 3 atom stereocenters. The van der Waals surface area contributed by atoms with Crippen LogP contribution in [0.3, 0.4) is 0 Å². The minimum absolute atomic E-state index is 0.0219. The van der Waals surface area contributed by atoms with E-state index in [1.54, 1.807) is 0 Å². The number of para-hydroxylation sites is 1. The molecule has 2 bridgehead atoms. The van der Waals surface area contributed by atoms with Crippen molar-refractivity contribution >= 4 is 22.4 Å². The van der Waals surface area contributed by atoms with Gasteiger partial charge in [-0.15, -0.1) is 0 Å². The fraction of sp³-hybridized carbons (Fsp3) is 0.500. The monoisotopic (exact) mass is 306 g/mol. The minimum atomic E-state index is -0.105. The van der Waals surface area contributed by atoms with Crippen LogP contribution >= 0.6 is 0 Å². The molecule has 0 spiro atoms. The predicted octanol–water partition coefficient (Wildman–Crippen LogP) is 4.27. The third-order valence-electron chi connectivity index (χ3n) is 6.78. The van der Waals surface area contributed by atoms with E-state index in [0.717, 1.165) is 40.7 Å². The largest absolute Gasteiger partial charge is 0.357 e. The highest BCUT2D eigenvalue weighted by Crippen LogP contribution is 2.55. The average Bonchev–Trinajstić information content (AvgIpc) is 2.92. The quantitative estimate of drug-likeness (QED) is 0.776. The highest BCUT2D eigenvalue weighted by molar-refractivity contribution is 6.50. The molecule has 3 nitrogen and oxygen atoms in total. The van der Waals surface area contributed by atoms with Crippen LogP contribution in [0.1, 0.15) is 56.1 Å². The van der Waals surface area contributed by atoms with Crippen molar-refractivity contribution in [2.24, 2.45) is 16.8 Å². The molecule has 2 unspecified atom stereocenters. The maximum Gasteiger partial charge on any atom is 0.209 e. The van der Waals surface area contributed by atoms with Crippen LogP contribution in [0, 0.1) is 11.8 Å². The third kappa shape index (κ3) is 1.51. The van der Waals surface area contributed by atoms with Gasteiger partial charge < -0.3 is 4.98 Å². The summed E-state index contributed by atoms with van der Waals surface area (Å²) < 4.78 is 0. The molecule has 2 aromatic rings. The van der Waals surface area contributed by atoms with Gasteiger partial charge in [0.05, 0.1) is 16.8 Å². The molecule has 0 radical (unpaired) electrons. The lowest BCUT2D eigenvalue weighted by atomic mass is 9.53. The summed E-state index contributed by atoms with van der Waals surface area (Å²) in [6, 6.07) is 8.18. The van der Waals surface area contributed by atoms with Crippen molar-refractivity contribution in [1.29, 1.82) is 0 Å². The Labute approximate surface area is 136 Å². The van der Waals surface area contributed by atoms with Gasteiger partial charge in [0.15, 0.2) is 0 Å². The van der Waals surface area contributed by atoms with Gasteiger partial charge in [0.25, 0.3) is 0 Å². The zero-order valence-corrected chi connectivity index (χ0v) is 13.9. The Morgan fingerprint density at radius 1 is 1.22 bits per heavy atom. The number of ketones is 1. The molecule has 118 valence electrons. The number of nitrogens with one attached hydrogen (secondary N) is 1. The van der Waals surface area contributed by atoms with Crippen molar-refractivity contribution in [2.45, 2.75) is 51.0 Å². The second-order valence-corrected chi connectivity index (χ2v) is 8.34. The zero-order valence-electron chi connectivity index (χ0n) is 13.9. The van der Waals surface area contributed by atoms with E-state index in [9.17, 15) is 4.79 Å². The van der Waals surface area contributed by atoms with E-state index < -0.39 is 0 Å². The van der Waals surface area contributed by atoms with E-state index in [1.807, 2.05) is 12.1 Å². The van der Waals surface area contributed by atoms with E-state index in [0.29, 0.717) is 5.92 Å². The number of H-pyrrole nitrogens is 1. The van der Waals surface area contributed by atoms with E-state index in [2.05, 4.69) is 37.9 Å². The number of aromatic nitrogens is 1. The Morgan fingerprint density at radius 3 is 2.83 bits per heavy atom. The summed E-state index contributed by atoms with van der Waals surface area (Å²) in [6.07, 6.45) is 3.43. The minimum Gasteiger partial charge on any atom is -0.357 e. The van der Waals surface area contributed by atoms with Gasteiger partial charge in [0.2, 0.25) is 5.78 Å². The SMILES string of the molecule is CC1(C)N=C2C(=O)c3c([nH]c4ccccc34)[C@]3(C)CCC1CC23. The van der Waals surface area contributed by atoms with Crippen molar-refractivity contribution < 1.29 is 4.79 Å². The molecule has 2 aliphatic carbocycles. The van der Waals surface area contributed by atoms with Crippen LogP contribution in [0.4, 0.5) is 0 Å². The lowest BCUT2D eigenvalue weighted by Gasteiger charge is -2.53. The number of carbonyl (C=O) groups is 1. The van der Waals surface area contributed by atoms with E-state index in [1.165, 1.54) is 6.42 Å². The summed E-state index contributed by atoms with van der Waals surface area (Å²) in [5.74, 6) is 1.04. The Bertz CT molecular complexity index is 888. The highest BCUT2D eigenvalue weighted by atomic mass is 16.1. The number of hydrogen-bond acceptors (Lipinski definition) is 2. The van der Waals surface area contributed by atoms with E-state index in [-0.39, 0.29) is 22.7 Å². The first-order valence-electron chi connectivity index (χ1n) is 8.67. The normalized spacial score (nSPS) is 34.2. The summed E-state index contributed by atoms with van der Waals surface area (Å²) in [5.41, 5.74) is 3.87. The first kappa shape index (κ1) is 13.5. The topological polar surface area (TPSA) is 45.2 Å². The lowest BCUT2D eigenvalue weighted by Crippen LogP contribution is -2.55. The van der Waals surface area contributed by atoms with Crippen molar-refractivity contribution in [3.8, 4) is 0 Å². The Hall–Kier alpha value is -1.90. The molecule has 3 heteroatoms. The first-order valence-corrected chi connectivity index (χ1v) is 8.67. The summed E-state index contributed by atoms with van der Waals surface area (Å²) in [6.45, 7) is 6.73. The second-order valence-electron chi connectivity index (χ2n) is 8.34. The summed E-state index contributed by atoms with van der Waals surface area (Å²) in [7, 11) is 0. The van der Waals surface area contributed by atoms with Crippen molar-refractivity contribution in [3.63, 3.8) is 0 Å². The van der Waals surface area contributed by atoms with E-state index in [4.69, 9.17) is 4.99 Å². The number of nitrogens with zero attached hydrogens (tertiary/aromatic N) is 1. The number of Topliss-reactive ketones (excluding diaryl/α,β-unsaturated/α-hetero) is 1. The molecule has 1 aliphatic heterocycles. The molecule has 2 heterocycles. The van der Waals surface area contributed by atoms with Gasteiger partial charge in [-0.1, -0.05) is 25.1 Å². The zero-order chi connectivity index (χ0) is 16.0. The second kappa shape index (κ2) is 3.95. The fourth-order valence-corrected chi connectivity index (χ4v) is 5.29. The average molecular weight is 306 g/mol. The molecule has 1 aromatic heterocycles. The number of rotatable bonds is 0. The van der Waals surface area contributed by atoms with Crippen molar-refractivity contribution in [3.05, 3.63) is 35.5 Å². The molecule has 23 heavy (non-hydrogen) atoms. The smallest absolute Gasteiger partial charge is 0.209 e. The number of aromatic amines is 1. The van der Waals surface area contributed by atoms with Crippen molar-refractivity contribution in [1.82, 2.24) is 4.98 Å². The van der Waals surface area contributed by atoms with Gasteiger partial charge in [-0.25, -0.2) is 0 Å². The van der Waals surface area contributed by atoms with Crippen LogP contribution in [-0.2, 0) is 5.41 Å². The number of aliphatic imine (C=N–C) groups is 1. The van der Waals surface area contributed by atoms with Gasteiger partial charge in [0, 0.05) is 27.9 Å². The van der Waals surface area contributed by atoms with Crippen LogP contribution in [0.2, 0.25) is 0 Å². The molecular formula is C20H22N2O. The molecule has 0 saturated heterocycles. The maximum absolute atomic E-state index is 13.3. The first-order chi connectivity index (χ1) is 10.9. The predicted molar refractivity (Wildman–Crippen MR) is 92.3 cm³/mol. The summed E-state index contributed by atoms with van der Waals surface area (Å²) in [5, 5.41) is 1.06. The van der Waals surface area contributed by atoms with Gasteiger partial charge in [-0.2, -0.15) is 0 Å². The summed E-state index contributed by atoms with van der Waals surface area (Å²) in [4.78, 5) is 21.9. The molecule has 1 N–H and O–H groups in total. The van der Waals surface area contributed by atoms with Gasteiger partial charge in [0.1, 0.15) is 0 Å². The lowest BCUT2D eigenvalue weighted by molar-refractivity contribution is 0.0940. The van der Waals surface area contributed by atoms with Crippen molar-refractivity contribution in [2.75, 3.05) is 0 Å². The Morgan fingerprint density at radius 2 is 2.00 bits per heavy atom. The van der Waals surface area contributed by atoms with Crippen LogP contribution < -0.4 is 0 Å². The molecule has 1 fully saturated rings. The molecule has 3 aliphatic rings.